The van der Waals surface area contributed by atoms with Gasteiger partial charge in [0.1, 0.15) is 5.71 Å². The molecule has 9 heavy (non-hydrogen) atoms. The maximum Gasteiger partial charge on any atom is 0.313 e. The quantitative estimate of drug-likeness (QED) is 0.512. The molecule has 1 heterocycles. The van der Waals surface area contributed by atoms with Crippen LogP contribution in [0.5, 0.6) is 0 Å². The molecule has 0 spiro atoms. The largest absolute Gasteiger partial charge is 0.313 e. The van der Waals surface area contributed by atoms with Gasteiger partial charge in [-0.05, 0) is 5.22 Å². The Morgan fingerprint density at radius 2 is 2.33 bits per heavy atom. The van der Waals surface area contributed by atoms with Gasteiger partial charge in [0.2, 0.25) is 6.29 Å². The van der Waals surface area contributed by atoms with Crippen molar-refractivity contribution in [1.82, 2.24) is 0 Å². The van der Waals surface area contributed by atoms with Gasteiger partial charge >= 0.3 is 5.91 Å². The van der Waals surface area contributed by atoms with Crippen molar-refractivity contribution < 1.29 is 9.59 Å². The Morgan fingerprint density at radius 1 is 1.56 bits per heavy atom. The summed E-state index contributed by atoms with van der Waals surface area (Å²) in [7, 11) is 0. The van der Waals surface area contributed by atoms with Crippen molar-refractivity contribution in [3.05, 3.63) is 0 Å². The molecule has 0 aromatic carbocycles. The molecule has 0 N–H and O–H groups in total. The summed E-state index contributed by atoms with van der Waals surface area (Å²) in [5, 5.41) is 9.36. The number of nitrogens with zero attached hydrogens (tertiary/aromatic N) is 3. The fraction of sp³-hybridized carbons (Fsp3) is 0.250. The third-order valence-corrected chi connectivity index (χ3v) is 0.787. The van der Waals surface area contributed by atoms with Crippen molar-refractivity contribution in [2.24, 2.45) is 15.4 Å². The minimum Gasteiger partial charge on any atom is -0.290 e. The average Bonchev–Trinajstić information content (AvgIpc) is 2.18. The fourth-order valence-corrected chi connectivity index (χ4v) is 0.397. The summed E-state index contributed by atoms with van der Waals surface area (Å²) < 4.78 is 0. The lowest BCUT2D eigenvalue weighted by atomic mass is 10.3. The van der Waals surface area contributed by atoms with E-state index in [0.717, 1.165) is 0 Å². The Morgan fingerprint density at radius 3 is 2.78 bits per heavy atom. The predicted molar refractivity (Wildman–Crippen MR) is 27.6 cm³/mol. The van der Waals surface area contributed by atoms with Crippen LogP contribution in [0.2, 0.25) is 0 Å². The van der Waals surface area contributed by atoms with Crippen LogP contribution in [0, 0.1) is 0 Å². The molecule has 0 unspecified atom stereocenters. The lowest BCUT2D eigenvalue weighted by Gasteiger charge is -1.79. The zero-order valence-electron chi connectivity index (χ0n) is 4.37. The normalized spacial score (nSPS) is 16.0. The smallest absolute Gasteiger partial charge is 0.290 e. The van der Waals surface area contributed by atoms with Gasteiger partial charge in [0.15, 0.2) is 0 Å². The van der Waals surface area contributed by atoms with Crippen LogP contribution in [0.15, 0.2) is 15.4 Å². The van der Waals surface area contributed by atoms with Crippen LogP contribution in [-0.2, 0) is 9.59 Å². The van der Waals surface area contributed by atoms with E-state index in [4.69, 9.17) is 0 Å². The Kier molecular flexibility index (Phi) is 1.44. The summed E-state index contributed by atoms with van der Waals surface area (Å²) >= 11 is 0. The van der Waals surface area contributed by atoms with Crippen LogP contribution in [-0.4, -0.2) is 17.9 Å². The monoisotopic (exact) mass is 124 g/mol. The van der Waals surface area contributed by atoms with Crippen molar-refractivity contribution in [3.63, 3.8) is 0 Å². The van der Waals surface area contributed by atoms with Crippen LogP contribution < -0.4 is 0 Å². The molecule has 5 heteroatoms. The van der Waals surface area contributed by atoms with Crippen molar-refractivity contribution in [2.75, 3.05) is 0 Å². The second-order valence-corrected chi connectivity index (χ2v) is 1.36. The highest BCUT2D eigenvalue weighted by Crippen LogP contribution is 1.98. The van der Waals surface area contributed by atoms with E-state index in [9.17, 15) is 9.59 Å². The van der Waals surface area contributed by atoms with E-state index < -0.39 is 5.91 Å². The third kappa shape index (κ3) is 1.04. The van der Waals surface area contributed by atoms with Gasteiger partial charge in [-0.15, -0.1) is 5.10 Å². The first kappa shape index (κ1) is 5.74. The third-order valence-electron chi connectivity index (χ3n) is 0.787. The van der Waals surface area contributed by atoms with Crippen LogP contribution in [0.4, 0.5) is 0 Å². The van der Waals surface area contributed by atoms with Gasteiger partial charge in [0, 0.05) is 0 Å². The van der Waals surface area contributed by atoms with E-state index in [1.807, 2.05) is 0 Å². The van der Waals surface area contributed by atoms with E-state index >= 15 is 0 Å². The second kappa shape index (κ2) is 2.25. The minimum absolute atomic E-state index is 0.0602. The van der Waals surface area contributed by atoms with Gasteiger partial charge in [0.25, 0.3) is 0 Å². The number of carbonyl (C=O) groups excluding carboxylic acids is 2. The molecule has 0 saturated carbocycles. The van der Waals surface area contributed by atoms with Crippen molar-refractivity contribution in [1.29, 1.82) is 0 Å². The highest BCUT2D eigenvalue weighted by Gasteiger charge is 2.14. The molecule has 5 nitrogen and oxygen atoms in total. The molecule has 0 fully saturated rings. The van der Waals surface area contributed by atoms with Gasteiger partial charge in [-0.25, -0.2) is 0 Å². The summed E-state index contributed by atoms with van der Waals surface area (Å²) in [5.41, 5.74) is 0.0602. The summed E-state index contributed by atoms with van der Waals surface area (Å²) in [6, 6.07) is 0. The zero-order chi connectivity index (χ0) is 6.69. The molecular weight excluding hydrogens is 122 g/mol. The lowest BCUT2D eigenvalue weighted by molar-refractivity contribution is -0.112. The fourth-order valence-electron chi connectivity index (χ4n) is 0.397. The van der Waals surface area contributed by atoms with Crippen molar-refractivity contribution in [2.45, 2.75) is 6.42 Å². The highest BCUT2D eigenvalue weighted by atomic mass is 16.2. The Hall–Kier alpha value is -1.39. The molecule has 0 aromatic heterocycles. The van der Waals surface area contributed by atoms with Gasteiger partial charge < -0.3 is 0 Å². The molecule has 1 amide bonds. The van der Waals surface area contributed by atoms with Crippen molar-refractivity contribution in [3.8, 4) is 0 Å². The first-order chi connectivity index (χ1) is 4.34. The number of amides is 1. The van der Waals surface area contributed by atoms with Gasteiger partial charge in [0.05, 0.1) is 6.42 Å². The molecule has 0 bridgehead atoms. The van der Waals surface area contributed by atoms with Crippen LogP contribution in [0.3, 0.4) is 0 Å². The zero-order valence-corrected chi connectivity index (χ0v) is 4.37. The molecule has 1 rings (SSSR count). The minimum atomic E-state index is -0.543. The molecule has 1 radical (unpaired) electrons. The molecule has 1 aliphatic rings. The maximum atomic E-state index is 10.4. The first-order valence-electron chi connectivity index (χ1n) is 2.21. The summed E-state index contributed by atoms with van der Waals surface area (Å²) in [4.78, 5) is 20.1. The number of carbonyl (C=O) groups is 1. The van der Waals surface area contributed by atoms with Gasteiger partial charge in [-0.1, -0.05) is 5.11 Å². The molecule has 0 aliphatic carbocycles. The van der Waals surface area contributed by atoms with E-state index in [0.29, 0.717) is 0 Å². The Bertz CT molecular complexity index is 206. The Labute approximate surface area is 50.5 Å². The van der Waals surface area contributed by atoms with Crippen LogP contribution >= 0.6 is 0 Å². The molecule has 45 valence electrons. The van der Waals surface area contributed by atoms with Gasteiger partial charge in [-0.3, -0.25) is 9.59 Å². The topological polar surface area (TPSA) is 71.2 Å². The second-order valence-electron chi connectivity index (χ2n) is 1.36. The lowest BCUT2D eigenvalue weighted by Crippen LogP contribution is -2.07. The van der Waals surface area contributed by atoms with Crippen molar-refractivity contribution >= 4 is 17.9 Å². The molecule has 1 aliphatic heterocycles. The summed E-state index contributed by atoms with van der Waals surface area (Å²) in [6.07, 6.45) is 1.40. The maximum absolute atomic E-state index is 10.4. The number of rotatable bonds is 2. The average molecular weight is 124 g/mol. The SMILES string of the molecule is O=[C]CC1=NN=NC1=O. The van der Waals surface area contributed by atoms with E-state index in [-0.39, 0.29) is 12.1 Å². The van der Waals surface area contributed by atoms with E-state index in [1.165, 1.54) is 6.29 Å². The Balaban J connectivity index is 2.64. The molecule has 0 atom stereocenters. The standard InChI is InChI=1S/C4H2N3O2/c8-2-1-3-4(9)6-7-5-3/h1H2. The van der Waals surface area contributed by atoms with E-state index in [2.05, 4.69) is 15.4 Å². The van der Waals surface area contributed by atoms with Gasteiger partial charge in [-0.2, -0.15) is 0 Å². The predicted octanol–water partition coefficient (Wildman–Crippen LogP) is -0.165. The van der Waals surface area contributed by atoms with Crippen LogP contribution in [0.1, 0.15) is 6.42 Å². The molecule has 0 aromatic rings. The highest BCUT2D eigenvalue weighted by molar-refractivity contribution is 6.41. The molecule has 0 saturated heterocycles. The molecular formula is C4H2N3O2. The summed E-state index contributed by atoms with van der Waals surface area (Å²) in [6.45, 7) is 0. The number of hydrogen-bond donors (Lipinski definition) is 0. The first-order valence-corrected chi connectivity index (χ1v) is 2.21. The van der Waals surface area contributed by atoms with E-state index in [1.54, 1.807) is 0 Å². The summed E-state index contributed by atoms with van der Waals surface area (Å²) in [5.74, 6) is -0.543. The number of hydrogen-bond acceptors (Lipinski definition) is 4. The van der Waals surface area contributed by atoms with Crippen LogP contribution in [0.25, 0.3) is 0 Å².